The van der Waals surface area contributed by atoms with Crippen LogP contribution in [0, 0.1) is 0 Å². The number of hydrogen-bond donors (Lipinski definition) is 0. The molecule has 0 spiro atoms. The number of fused-ring (bicyclic) bond motifs is 1. The third-order valence-corrected chi connectivity index (χ3v) is 1.68. The second-order valence-corrected chi connectivity index (χ2v) is 2.59. The van der Waals surface area contributed by atoms with Gasteiger partial charge in [-0.1, -0.05) is 11.6 Å². The molecular formula is C8H8N2. The van der Waals surface area contributed by atoms with Gasteiger partial charge in [0.25, 0.3) is 0 Å². The molecule has 0 saturated carbocycles. The minimum absolute atomic E-state index is 0.998. The van der Waals surface area contributed by atoms with Gasteiger partial charge in [-0.15, -0.1) is 0 Å². The maximum Gasteiger partial charge on any atom is 0.115 e. The van der Waals surface area contributed by atoms with Crippen molar-refractivity contribution in [1.29, 1.82) is 0 Å². The molecule has 2 nitrogen and oxygen atoms in total. The van der Waals surface area contributed by atoms with Crippen molar-refractivity contribution in [3.8, 4) is 0 Å². The Morgan fingerprint density at radius 1 is 1.50 bits per heavy atom. The van der Waals surface area contributed by atoms with Crippen LogP contribution in [-0.2, 0) is 6.42 Å². The zero-order valence-electron chi connectivity index (χ0n) is 5.83. The summed E-state index contributed by atoms with van der Waals surface area (Å²) in [6.45, 7) is 2.11. The first-order valence-electron chi connectivity index (χ1n) is 3.32. The topological polar surface area (TPSA) is 25.8 Å². The van der Waals surface area contributed by atoms with Crippen molar-refractivity contribution in [2.24, 2.45) is 0 Å². The van der Waals surface area contributed by atoms with Gasteiger partial charge >= 0.3 is 0 Å². The summed E-state index contributed by atoms with van der Waals surface area (Å²) >= 11 is 0. The van der Waals surface area contributed by atoms with Gasteiger partial charge in [-0.2, -0.15) is 0 Å². The Labute approximate surface area is 59.6 Å². The Bertz CT molecular complexity index is 289. The summed E-state index contributed by atoms with van der Waals surface area (Å²) < 4.78 is 0. The molecule has 2 heteroatoms. The summed E-state index contributed by atoms with van der Waals surface area (Å²) in [5.41, 5.74) is 3.71. The zero-order valence-corrected chi connectivity index (χ0v) is 5.83. The maximum absolute atomic E-state index is 4.15. The number of rotatable bonds is 0. The van der Waals surface area contributed by atoms with E-state index in [1.54, 1.807) is 6.33 Å². The highest BCUT2D eigenvalue weighted by molar-refractivity contribution is 5.59. The first-order valence-corrected chi connectivity index (χ1v) is 3.32. The van der Waals surface area contributed by atoms with Crippen LogP contribution in [0.1, 0.15) is 18.2 Å². The van der Waals surface area contributed by atoms with E-state index < -0.39 is 0 Å². The van der Waals surface area contributed by atoms with Crippen LogP contribution in [0.3, 0.4) is 0 Å². The van der Waals surface area contributed by atoms with Gasteiger partial charge in [-0.3, -0.25) is 0 Å². The van der Waals surface area contributed by atoms with E-state index in [4.69, 9.17) is 0 Å². The lowest BCUT2D eigenvalue weighted by molar-refractivity contribution is 1.03. The summed E-state index contributed by atoms with van der Waals surface area (Å²) in [4.78, 5) is 8.08. The molecule has 0 atom stereocenters. The average Bonchev–Trinajstić information content (AvgIpc) is 2.27. The second-order valence-electron chi connectivity index (χ2n) is 2.59. The standard InChI is InChI=1S/C8H8N2/c1-6-2-7-4-9-5-10-8(7)3-6/h2,4-5H,3H2,1H3. The van der Waals surface area contributed by atoms with Crippen LogP contribution in [0.25, 0.3) is 6.08 Å². The van der Waals surface area contributed by atoms with Gasteiger partial charge in [0.15, 0.2) is 0 Å². The van der Waals surface area contributed by atoms with E-state index in [-0.39, 0.29) is 0 Å². The molecule has 1 aliphatic carbocycles. The summed E-state index contributed by atoms with van der Waals surface area (Å²) in [6.07, 6.45) is 6.59. The van der Waals surface area contributed by atoms with Crippen LogP contribution in [0.5, 0.6) is 0 Å². The van der Waals surface area contributed by atoms with Gasteiger partial charge in [0.1, 0.15) is 6.33 Å². The van der Waals surface area contributed by atoms with E-state index in [2.05, 4.69) is 23.0 Å². The third kappa shape index (κ3) is 0.727. The molecule has 0 bridgehead atoms. The van der Waals surface area contributed by atoms with E-state index in [0.29, 0.717) is 0 Å². The van der Waals surface area contributed by atoms with E-state index in [1.165, 1.54) is 11.1 Å². The number of hydrogen-bond acceptors (Lipinski definition) is 2. The molecular weight excluding hydrogens is 124 g/mol. The Kier molecular flexibility index (Phi) is 1.07. The lowest BCUT2D eigenvalue weighted by Crippen LogP contribution is -1.88. The van der Waals surface area contributed by atoms with Crippen molar-refractivity contribution in [2.45, 2.75) is 13.3 Å². The molecule has 2 rings (SSSR count). The SMILES string of the molecule is CC1=Cc2cncnc2C1. The third-order valence-electron chi connectivity index (χ3n) is 1.68. The van der Waals surface area contributed by atoms with Crippen LogP contribution in [0.2, 0.25) is 0 Å². The first-order chi connectivity index (χ1) is 4.86. The van der Waals surface area contributed by atoms with Gasteiger partial charge in [0.2, 0.25) is 0 Å². The quantitative estimate of drug-likeness (QED) is 0.533. The fraction of sp³-hybridized carbons (Fsp3) is 0.250. The lowest BCUT2D eigenvalue weighted by atomic mass is 10.2. The summed E-state index contributed by atoms with van der Waals surface area (Å²) in [7, 11) is 0. The first kappa shape index (κ1) is 5.59. The van der Waals surface area contributed by atoms with Crippen molar-refractivity contribution in [3.05, 3.63) is 29.4 Å². The molecule has 1 aromatic rings. The number of allylic oxidation sites excluding steroid dienone is 1. The predicted molar refractivity (Wildman–Crippen MR) is 39.4 cm³/mol. The fourth-order valence-corrected chi connectivity index (χ4v) is 1.21. The molecule has 0 amide bonds. The Morgan fingerprint density at radius 2 is 2.40 bits per heavy atom. The summed E-state index contributed by atoms with van der Waals surface area (Å²) in [5.74, 6) is 0. The number of aromatic nitrogens is 2. The Morgan fingerprint density at radius 3 is 3.20 bits per heavy atom. The maximum atomic E-state index is 4.15. The molecule has 50 valence electrons. The fourth-order valence-electron chi connectivity index (χ4n) is 1.21. The minimum atomic E-state index is 0.998. The average molecular weight is 132 g/mol. The molecule has 0 fully saturated rings. The summed E-state index contributed by atoms with van der Waals surface area (Å²) in [5, 5.41) is 0. The molecule has 0 radical (unpaired) electrons. The molecule has 10 heavy (non-hydrogen) atoms. The zero-order chi connectivity index (χ0) is 6.97. The highest BCUT2D eigenvalue weighted by atomic mass is 14.8. The second kappa shape index (κ2) is 1.90. The van der Waals surface area contributed by atoms with Crippen molar-refractivity contribution >= 4 is 6.08 Å². The summed E-state index contributed by atoms with van der Waals surface area (Å²) in [6, 6.07) is 0. The largest absolute Gasteiger partial charge is 0.244 e. The van der Waals surface area contributed by atoms with Gasteiger partial charge in [0.05, 0.1) is 5.69 Å². The molecule has 1 aromatic heterocycles. The monoisotopic (exact) mass is 132 g/mol. The van der Waals surface area contributed by atoms with Gasteiger partial charge in [-0.05, 0) is 6.92 Å². The van der Waals surface area contributed by atoms with Crippen LogP contribution < -0.4 is 0 Å². The van der Waals surface area contributed by atoms with E-state index in [0.717, 1.165) is 12.1 Å². The van der Waals surface area contributed by atoms with E-state index in [9.17, 15) is 0 Å². The van der Waals surface area contributed by atoms with Crippen molar-refractivity contribution < 1.29 is 0 Å². The molecule has 0 saturated heterocycles. The van der Waals surface area contributed by atoms with Crippen LogP contribution in [-0.4, -0.2) is 9.97 Å². The normalized spacial score (nSPS) is 14.7. The molecule has 1 heterocycles. The molecule has 1 aliphatic rings. The molecule has 0 aliphatic heterocycles. The van der Waals surface area contributed by atoms with Gasteiger partial charge in [0, 0.05) is 18.2 Å². The van der Waals surface area contributed by atoms with Crippen molar-refractivity contribution in [3.63, 3.8) is 0 Å². The van der Waals surface area contributed by atoms with Crippen LogP contribution >= 0.6 is 0 Å². The molecule has 0 aromatic carbocycles. The smallest absolute Gasteiger partial charge is 0.115 e. The van der Waals surface area contributed by atoms with Crippen molar-refractivity contribution in [1.82, 2.24) is 9.97 Å². The van der Waals surface area contributed by atoms with Crippen LogP contribution in [0.15, 0.2) is 18.1 Å². The lowest BCUT2D eigenvalue weighted by Gasteiger charge is -1.92. The van der Waals surface area contributed by atoms with E-state index in [1.807, 2.05) is 6.20 Å². The van der Waals surface area contributed by atoms with Crippen molar-refractivity contribution in [2.75, 3.05) is 0 Å². The van der Waals surface area contributed by atoms with Gasteiger partial charge < -0.3 is 0 Å². The Balaban J connectivity index is 2.54. The van der Waals surface area contributed by atoms with E-state index >= 15 is 0 Å². The molecule has 0 N–H and O–H groups in total. The Hall–Kier alpha value is -1.18. The predicted octanol–water partition coefficient (Wildman–Crippen LogP) is 1.44. The molecule has 0 unspecified atom stereocenters. The highest BCUT2D eigenvalue weighted by Crippen LogP contribution is 2.20. The minimum Gasteiger partial charge on any atom is -0.244 e. The van der Waals surface area contributed by atoms with Crippen LogP contribution in [0.4, 0.5) is 0 Å². The number of nitrogens with zero attached hydrogens (tertiary/aromatic N) is 2. The van der Waals surface area contributed by atoms with Gasteiger partial charge in [-0.25, -0.2) is 9.97 Å². The highest BCUT2D eigenvalue weighted by Gasteiger charge is 2.08.